The van der Waals surface area contributed by atoms with Crippen LogP contribution in [0.3, 0.4) is 0 Å². The highest BCUT2D eigenvalue weighted by Crippen LogP contribution is 2.32. The van der Waals surface area contributed by atoms with Crippen molar-refractivity contribution in [3.8, 4) is 5.75 Å². The third kappa shape index (κ3) is 3.69. The molecule has 2 unspecified atom stereocenters. The monoisotopic (exact) mass is 437 g/mol. The molecule has 18 heavy (non-hydrogen) atoms. The van der Waals surface area contributed by atoms with Crippen molar-refractivity contribution < 1.29 is 4.74 Å². The summed E-state index contributed by atoms with van der Waals surface area (Å²) in [6, 6.07) is 12.0. The summed E-state index contributed by atoms with van der Waals surface area (Å²) in [6.07, 6.45) is -0.112. The van der Waals surface area contributed by atoms with E-state index in [1.165, 1.54) is 0 Å². The van der Waals surface area contributed by atoms with E-state index >= 15 is 0 Å². The van der Waals surface area contributed by atoms with E-state index in [0.717, 1.165) is 18.0 Å². The Kier molecular flexibility index (Phi) is 5.06. The van der Waals surface area contributed by atoms with Crippen LogP contribution in [-0.4, -0.2) is 6.04 Å². The highest BCUT2D eigenvalue weighted by atomic mass is 127. The highest BCUT2D eigenvalue weighted by Gasteiger charge is 2.20. The van der Waals surface area contributed by atoms with E-state index in [9.17, 15) is 0 Å². The van der Waals surface area contributed by atoms with E-state index in [0.29, 0.717) is 0 Å². The van der Waals surface area contributed by atoms with Crippen molar-refractivity contribution in [2.75, 3.05) is 0 Å². The molecule has 2 aromatic rings. The standard InChI is InChI=1S/C13H13BrINOS/c1-8(16)13(11-5-6-12(14)18-11)17-10-4-2-3-9(15)7-10/h2-8,13H,16H2,1H3. The predicted octanol–water partition coefficient (Wildman–Crippen LogP) is 4.58. The Balaban J connectivity index is 2.22. The van der Waals surface area contributed by atoms with E-state index in [2.05, 4.69) is 44.6 Å². The normalized spacial score (nSPS) is 14.2. The summed E-state index contributed by atoms with van der Waals surface area (Å²) in [5.41, 5.74) is 6.03. The first-order valence-corrected chi connectivity index (χ1v) is 8.18. The number of rotatable bonds is 4. The number of hydrogen-bond acceptors (Lipinski definition) is 3. The molecule has 2 rings (SSSR count). The van der Waals surface area contributed by atoms with Crippen LogP contribution in [0.5, 0.6) is 5.75 Å². The number of halogens is 2. The summed E-state index contributed by atoms with van der Waals surface area (Å²) in [7, 11) is 0. The van der Waals surface area contributed by atoms with Gasteiger partial charge in [0.25, 0.3) is 0 Å². The maximum absolute atomic E-state index is 6.03. The van der Waals surface area contributed by atoms with Crippen LogP contribution in [0.4, 0.5) is 0 Å². The van der Waals surface area contributed by atoms with Gasteiger partial charge in [-0.1, -0.05) is 6.07 Å². The smallest absolute Gasteiger partial charge is 0.148 e. The van der Waals surface area contributed by atoms with Crippen LogP contribution in [0.25, 0.3) is 0 Å². The molecule has 2 atom stereocenters. The first-order valence-electron chi connectivity index (χ1n) is 5.49. The SMILES string of the molecule is CC(N)C(Oc1cccc(I)c1)c1ccc(Br)s1. The molecule has 0 aliphatic heterocycles. The molecule has 0 bridgehead atoms. The second-order valence-corrected chi connectivity index (χ2v) is 7.74. The second-order valence-electron chi connectivity index (χ2n) is 4.00. The Morgan fingerprint density at radius 2 is 2.11 bits per heavy atom. The van der Waals surface area contributed by atoms with Crippen molar-refractivity contribution in [3.05, 3.63) is 48.6 Å². The lowest BCUT2D eigenvalue weighted by Gasteiger charge is -2.21. The summed E-state index contributed by atoms with van der Waals surface area (Å²) in [5.74, 6) is 0.855. The Morgan fingerprint density at radius 1 is 1.33 bits per heavy atom. The van der Waals surface area contributed by atoms with E-state index in [4.69, 9.17) is 10.5 Å². The van der Waals surface area contributed by atoms with Gasteiger partial charge in [0.1, 0.15) is 11.9 Å². The minimum atomic E-state index is -0.112. The number of benzene rings is 1. The average molecular weight is 438 g/mol. The summed E-state index contributed by atoms with van der Waals surface area (Å²) < 4.78 is 8.26. The second kappa shape index (κ2) is 6.36. The number of thiophene rings is 1. The number of hydrogen-bond donors (Lipinski definition) is 1. The minimum Gasteiger partial charge on any atom is -0.483 e. The topological polar surface area (TPSA) is 35.2 Å². The van der Waals surface area contributed by atoms with Crippen LogP contribution in [0.2, 0.25) is 0 Å². The van der Waals surface area contributed by atoms with Gasteiger partial charge < -0.3 is 10.5 Å². The zero-order chi connectivity index (χ0) is 13.1. The van der Waals surface area contributed by atoms with Crippen LogP contribution >= 0.6 is 49.9 Å². The van der Waals surface area contributed by atoms with Gasteiger partial charge in [-0.25, -0.2) is 0 Å². The average Bonchev–Trinajstić information content (AvgIpc) is 2.72. The van der Waals surface area contributed by atoms with Crippen molar-refractivity contribution in [1.29, 1.82) is 0 Å². The Labute approximate surface area is 133 Å². The molecular weight excluding hydrogens is 425 g/mol. The Morgan fingerprint density at radius 3 is 2.67 bits per heavy atom. The summed E-state index contributed by atoms with van der Waals surface area (Å²) in [5, 5.41) is 0. The molecule has 0 spiro atoms. The third-order valence-corrected chi connectivity index (χ3v) is 4.77. The van der Waals surface area contributed by atoms with Gasteiger partial charge in [0.05, 0.1) is 3.79 Å². The van der Waals surface area contributed by atoms with Gasteiger partial charge in [-0.3, -0.25) is 0 Å². The quantitative estimate of drug-likeness (QED) is 0.710. The first kappa shape index (κ1) is 14.3. The maximum Gasteiger partial charge on any atom is 0.148 e. The molecule has 1 aromatic heterocycles. The fourth-order valence-electron chi connectivity index (χ4n) is 1.59. The van der Waals surface area contributed by atoms with Gasteiger partial charge in [-0.05, 0) is 75.8 Å². The van der Waals surface area contributed by atoms with Crippen LogP contribution in [0.15, 0.2) is 40.2 Å². The molecule has 0 radical (unpaired) electrons. The van der Waals surface area contributed by atoms with E-state index in [1.54, 1.807) is 11.3 Å². The lowest BCUT2D eigenvalue weighted by Crippen LogP contribution is -2.28. The molecule has 0 fully saturated rings. The van der Waals surface area contributed by atoms with Crippen molar-refractivity contribution in [2.45, 2.75) is 19.1 Å². The van der Waals surface area contributed by atoms with Gasteiger partial charge in [-0.2, -0.15) is 0 Å². The molecule has 0 amide bonds. The minimum absolute atomic E-state index is 0.0617. The van der Waals surface area contributed by atoms with Crippen LogP contribution < -0.4 is 10.5 Å². The molecule has 1 aromatic carbocycles. The Bertz CT molecular complexity index is 529. The highest BCUT2D eigenvalue weighted by molar-refractivity contribution is 14.1. The summed E-state index contributed by atoms with van der Waals surface area (Å²) >= 11 is 7.40. The molecule has 2 nitrogen and oxygen atoms in total. The molecule has 2 N–H and O–H groups in total. The van der Waals surface area contributed by atoms with Crippen LogP contribution in [-0.2, 0) is 0 Å². The number of ether oxygens (including phenoxy) is 1. The van der Waals surface area contributed by atoms with Crippen molar-refractivity contribution in [1.82, 2.24) is 0 Å². The predicted molar refractivity (Wildman–Crippen MR) is 88.2 cm³/mol. The van der Waals surface area contributed by atoms with Crippen molar-refractivity contribution in [2.24, 2.45) is 5.73 Å². The molecule has 0 saturated carbocycles. The van der Waals surface area contributed by atoms with Gasteiger partial charge in [0, 0.05) is 14.5 Å². The third-order valence-electron chi connectivity index (χ3n) is 2.41. The first-order chi connectivity index (χ1) is 8.56. The van der Waals surface area contributed by atoms with E-state index < -0.39 is 0 Å². The van der Waals surface area contributed by atoms with Crippen molar-refractivity contribution in [3.63, 3.8) is 0 Å². The largest absolute Gasteiger partial charge is 0.483 e. The summed E-state index contributed by atoms with van der Waals surface area (Å²) in [4.78, 5) is 1.13. The lowest BCUT2D eigenvalue weighted by atomic mass is 10.1. The fraction of sp³-hybridized carbons (Fsp3) is 0.231. The van der Waals surface area contributed by atoms with Crippen LogP contribution in [0, 0.1) is 3.57 Å². The maximum atomic E-state index is 6.03. The molecule has 5 heteroatoms. The lowest BCUT2D eigenvalue weighted by molar-refractivity contribution is 0.184. The van der Waals surface area contributed by atoms with E-state index in [1.807, 2.05) is 37.3 Å². The van der Waals surface area contributed by atoms with Gasteiger partial charge in [-0.15, -0.1) is 11.3 Å². The molecule has 1 heterocycles. The molecule has 0 aliphatic carbocycles. The summed E-state index contributed by atoms with van der Waals surface area (Å²) in [6.45, 7) is 1.96. The fourth-order valence-corrected chi connectivity index (χ4v) is 3.68. The molecule has 0 saturated heterocycles. The van der Waals surface area contributed by atoms with Gasteiger partial charge in [0.15, 0.2) is 0 Å². The Hall–Kier alpha value is -0.110. The molecular formula is C13H13BrINOS. The molecule has 96 valence electrons. The van der Waals surface area contributed by atoms with Gasteiger partial charge in [0.2, 0.25) is 0 Å². The zero-order valence-corrected chi connectivity index (χ0v) is 14.3. The number of nitrogens with two attached hydrogens (primary N) is 1. The van der Waals surface area contributed by atoms with E-state index in [-0.39, 0.29) is 12.1 Å². The van der Waals surface area contributed by atoms with Crippen molar-refractivity contribution >= 4 is 49.9 Å². The van der Waals surface area contributed by atoms with Crippen LogP contribution in [0.1, 0.15) is 17.9 Å². The molecule has 0 aliphatic rings. The van der Waals surface area contributed by atoms with Gasteiger partial charge >= 0.3 is 0 Å². The zero-order valence-electron chi connectivity index (χ0n) is 9.77.